The molecule has 94 valence electrons. The molecule has 1 aromatic rings. The summed E-state index contributed by atoms with van der Waals surface area (Å²) >= 11 is 2.14. The van der Waals surface area contributed by atoms with Crippen molar-refractivity contribution >= 4 is 11.8 Å². The molecule has 2 rings (SSSR count). The van der Waals surface area contributed by atoms with Crippen LogP contribution < -0.4 is 5.32 Å². The van der Waals surface area contributed by atoms with Gasteiger partial charge in [-0.3, -0.25) is 0 Å². The number of aryl methyl sites for hydroxylation is 2. The summed E-state index contributed by atoms with van der Waals surface area (Å²) < 4.78 is 0. The van der Waals surface area contributed by atoms with Crippen molar-refractivity contribution in [1.82, 2.24) is 5.32 Å². The predicted molar refractivity (Wildman–Crippen MR) is 77.7 cm³/mol. The van der Waals surface area contributed by atoms with Crippen LogP contribution in [0.1, 0.15) is 36.0 Å². The van der Waals surface area contributed by atoms with Gasteiger partial charge in [-0.05, 0) is 43.6 Å². The fourth-order valence-corrected chi connectivity index (χ4v) is 3.65. The third kappa shape index (κ3) is 4.04. The third-order valence-corrected chi connectivity index (χ3v) is 4.86. The zero-order valence-electron chi connectivity index (χ0n) is 11.0. The minimum atomic E-state index is 0.842. The van der Waals surface area contributed by atoms with Crippen LogP contribution >= 0.6 is 11.8 Å². The van der Waals surface area contributed by atoms with E-state index in [4.69, 9.17) is 0 Å². The first kappa shape index (κ1) is 13.0. The van der Waals surface area contributed by atoms with Crippen LogP contribution in [-0.2, 0) is 6.54 Å². The van der Waals surface area contributed by atoms with Crippen LogP contribution in [0.4, 0.5) is 0 Å². The standard InChI is InChI=1S/C15H23NS/c1-12-6-7-14(13(2)9-12)10-16-11-15-5-3-4-8-17-15/h6-7,9,15-16H,3-5,8,10-11H2,1-2H3. The van der Waals surface area contributed by atoms with E-state index in [2.05, 4.69) is 49.1 Å². The number of rotatable bonds is 4. The molecule has 1 unspecified atom stereocenters. The maximum Gasteiger partial charge on any atom is 0.0208 e. The highest BCUT2D eigenvalue weighted by Gasteiger charge is 2.13. The average Bonchev–Trinajstić information content (AvgIpc) is 2.33. The van der Waals surface area contributed by atoms with Gasteiger partial charge in [0.2, 0.25) is 0 Å². The third-order valence-electron chi connectivity index (χ3n) is 3.46. The van der Waals surface area contributed by atoms with E-state index in [9.17, 15) is 0 Å². The molecule has 0 saturated carbocycles. The van der Waals surface area contributed by atoms with Crippen molar-refractivity contribution in [1.29, 1.82) is 0 Å². The smallest absolute Gasteiger partial charge is 0.0208 e. The first-order chi connectivity index (χ1) is 8.25. The van der Waals surface area contributed by atoms with Gasteiger partial charge in [-0.1, -0.05) is 30.2 Å². The highest BCUT2D eigenvalue weighted by atomic mass is 32.2. The fraction of sp³-hybridized carbons (Fsp3) is 0.600. The summed E-state index contributed by atoms with van der Waals surface area (Å²) in [6, 6.07) is 6.73. The van der Waals surface area contributed by atoms with Crippen molar-refractivity contribution in [2.45, 2.75) is 44.9 Å². The molecule has 1 saturated heterocycles. The van der Waals surface area contributed by atoms with Gasteiger partial charge in [-0.2, -0.15) is 11.8 Å². The maximum absolute atomic E-state index is 3.61. The number of hydrogen-bond donors (Lipinski definition) is 1. The lowest BCUT2D eigenvalue weighted by atomic mass is 10.1. The van der Waals surface area contributed by atoms with E-state index in [-0.39, 0.29) is 0 Å². The predicted octanol–water partition coefficient (Wildman–Crippen LogP) is 3.68. The Bertz CT molecular complexity index is 356. The van der Waals surface area contributed by atoms with Gasteiger partial charge in [-0.25, -0.2) is 0 Å². The Hall–Kier alpha value is -0.470. The van der Waals surface area contributed by atoms with Crippen LogP contribution in [0.15, 0.2) is 18.2 Å². The van der Waals surface area contributed by atoms with Crippen molar-refractivity contribution in [3.8, 4) is 0 Å². The summed E-state index contributed by atoms with van der Waals surface area (Å²) in [5, 5.41) is 4.45. The Morgan fingerprint density at radius 3 is 2.88 bits per heavy atom. The Morgan fingerprint density at radius 2 is 2.18 bits per heavy atom. The number of thioether (sulfide) groups is 1. The lowest BCUT2D eigenvalue weighted by molar-refractivity contribution is 0.597. The van der Waals surface area contributed by atoms with Crippen molar-refractivity contribution in [2.24, 2.45) is 0 Å². The Balaban J connectivity index is 1.77. The molecule has 1 aliphatic rings. The molecule has 2 heteroatoms. The van der Waals surface area contributed by atoms with E-state index in [1.807, 2.05) is 0 Å². The molecule has 1 aliphatic heterocycles. The fourth-order valence-electron chi connectivity index (χ4n) is 2.38. The minimum Gasteiger partial charge on any atom is -0.312 e. The first-order valence-electron chi connectivity index (χ1n) is 6.64. The highest BCUT2D eigenvalue weighted by molar-refractivity contribution is 7.99. The van der Waals surface area contributed by atoms with Gasteiger partial charge in [0, 0.05) is 18.3 Å². The highest BCUT2D eigenvalue weighted by Crippen LogP contribution is 2.24. The molecule has 0 bridgehead atoms. The average molecular weight is 249 g/mol. The molecule has 0 aromatic heterocycles. The molecule has 1 atom stereocenters. The van der Waals surface area contributed by atoms with Crippen molar-refractivity contribution in [2.75, 3.05) is 12.3 Å². The largest absolute Gasteiger partial charge is 0.312 e. The Kier molecular flexibility index (Phi) is 4.93. The van der Waals surface area contributed by atoms with Gasteiger partial charge in [0.25, 0.3) is 0 Å². The molecule has 0 aliphatic carbocycles. The maximum atomic E-state index is 3.61. The second-order valence-electron chi connectivity index (χ2n) is 5.05. The van der Waals surface area contributed by atoms with Crippen molar-refractivity contribution < 1.29 is 0 Å². The molecular formula is C15H23NS. The van der Waals surface area contributed by atoms with Crippen molar-refractivity contribution in [3.05, 3.63) is 34.9 Å². The second-order valence-corrected chi connectivity index (χ2v) is 6.46. The van der Waals surface area contributed by atoms with Gasteiger partial charge in [0.05, 0.1) is 0 Å². The normalized spacial score (nSPS) is 20.5. The molecule has 1 N–H and O–H groups in total. The second kappa shape index (κ2) is 6.46. The van der Waals surface area contributed by atoms with E-state index < -0.39 is 0 Å². The van der Waals surface area contributed by atoms with E-state index >= 15 is 0 Å². The molecular weight excluding hydrogens is 226 g/mol. The zero-order valence-corrected chi connectivity index (χ0v) is 11.8. The van der Waals surface area contributed by atoms with Crippen LogP contribution in [-0.4, -0.2) is 17.5 Å². The lowest BCUT2D eigenvalue weighted by Gasteiger charge is -2.21. The van der Waals surface area contributed by atoms with Gasteiger partial charge < -0.3 is 5.32 Å². The Labute approximate surface area is 109 Å². The summed E-state index contributed by atoms with van der Waals surface area (Å²) in [4.78, 5) is 0. The van der Waals surface area contributed by atoms with Gasteiger partial charge in [0.15, 0.2) is 0 Å². The minimum absolute atomic E-state index is 0.842. The van der Waals surface area contributed by atoms with E-state index in [0.717, 1.165) is 18.3 Å². The molecule has 1 heterocycles. The molecule has 1 aromatic carbocycles. The van der Waals surface area contributed by atoms with E-state index in [0.29, 0.717) is 0 Å². The molecule has 1 fully saturated rings. The van der Waals surface area contributed by atoms with E-state index in [1.54, 1.807) is 0 Å². The number of benzene rings is 1. The summed E-state index contributed by atoms with van der Waals surface area (Å²) in [6.45, 7) is 6.55. The van der Waals surface area contributed by atoms with Crippen LogP contribution in [0.2, 0.25) is 0 Å². The molecule has 0 amide bonds. The lowest BCUT2D eigenvalue weighted by Crippen LogP contribution is -2.26. The topological polar surface area (TPSA) is 12.0 Å². The summed E-state index contributed by atoms with van der Waals surface area (Å²) in [6.07, 6.45) is 4.23. The quantitative estimate of drug-likeness (QED) is 0.873. The van der Waals surface area contributed by atoms with Gasteiger partial charge in [0.1, 0.15) is 0 Å². The summed E-state index contributed by atoms with van der Waals surface area (Å²) in [5.74, 6) is 1.36. The molecule has 17 heavy (non-hydrogen) atoms. The van der Waals surface area contributed by atoms with Crippen LogP contribution in [0.5, 0.6) is 0 Å². The zero-order chi connectivity index (χ0) is 12.1. The SMILES string of the molecule is Cc1ccc(CNCC2CCCCS2)c(C)c1. The van der Waals surface area contributed by atoms with Gasteiger partial charge >= 0.3 is 0 Å². The summed E-state index contributed by atoms with van der Waals surface area (Å²) in [7, 11) is 0. The monoisotopic (exact) mass is 249 g/mol. The summed E-state index contributed by atoms with van der Waals surface area (Å²) in [5.41, 5.74) is 4.21. The number of nitrogens with one attached hydrogen (secondary N) is 1. The molecule has 0 spiro atoms. The molecule has 0 radical (unpaired) electrons. The van der Waals surface area contributed by atoms with E-state index in [1.165, 1.54) is 41.7 Å². The van der Waals surface area contributed by atoms with Crippen molar-refractivity contribution in [3.63, 3.8) is 0 Å². The Morgan fingerprint density at radius 1 is 1.29 bits per heavy atom. The first-order valence-corrected chi connectivity index (χ1v) is 7.69. The van der Waals surface area contributed by atoms with Crippen LogP contribution in [0.3, 0.4) is 0 Å². The van der Waals surface area contributed by atoms with Gasteiger partial charge in [-0.15, -0.1) is 0 Å². The number of hydrogen-bond acceptors (Lipinski definition) is 2. The van der Waals surface area contributed by atoms with Crippen LogP contribution in [0, 0.1) is 13.8 Å². The van der Waals surface area contributed by atoms with Crippen LogP contribution in [0.25, 0.3) is 0 Å². The molecule has 1 nitrogen and oxygen atoms in total.